The Morgan fingerprint density at radius 2 is 1.92 bits per heavy atom. The van der Waals surface area contributed by atoms with Crippen LogP contribution in [0.5, 0.6) is 11.5 Å². The molecule has 0 unspecified atom stereocenters. The van der Waals surface area contributed by atoms with Crippen LogP contribution >= 0.6 is 0 Å². The maximum Gasteiger partial charge on any atom is 0.249 e. The van der Waals surface area contributed by atoms with Crippen LogP contribution in [0.25, 0.3) is 0 Å². The first-order valence-corrected chi connectivity index (χ1v) is 8.40. The van der Waals surface area contributed by atoms with E-state index >= 15 is 0 Å². The van der Waals surface area contributed by atoms with E-state index in [0.29, 0.717) is 30.3 Å². The van der Waals surface area contributed by atoms with Crippen LogP contribution in [0.4, 0.5) is 5.69 Å². The number of benzene rings is 1. The standard InChI is InChI=1S/C18H24N2O4/c1-12-17(21)20(10-9-19(12)18(22)13-5-4-6-13)15-8-7-14(23-2)11-16(15)24-3/h7-8,11-13H,4-6,9-10H2,1-3H3/t12-/m1/s1. The summed E-state index contributed by atoms with van der Waals surface area (Å²) in [6.07, 6.45) is 3.01. The number of hydrogen-bond acceptors (Lipinski definition) is 4. The van der Waals surface area contributed by atoms with E-state index in [9.17, 15) is 9.59 Å². The summed E-state index contributed by atoms with van der Waals surface area (Å²) in [5.74, 6) is 1.44. The fourth-order valence-electron chi connectivity index (χ4n) is 3.31. The zero-order valence-corrected chi connectivity index (χ0v) is 14.4. The first-order valence-electron chi connectivity index (χ1n) is 8.40. The van der Waals surface area contributed by atoms with Crippen molar-refractivity contribution in [2.45, 2.75) is 32.2 Å². The van der Waals surface area contributed by atoms with Crippen LogP contribution in [0, 0.1) is 5.92 Å². The molecule has 24 heavy (non-hydrogen) atoms. The second-order valence-electron chi connectivity index (χ2n) is 6.36. The monoisotopic (exact) mass is 332 g/mol. The molecule has 0 N–H and O–H groups in total. The van der Waals surface area contributed by atoms with E-state index in [1.54, 1.807) is 37.0 Å². The van der Waals surface area contributed by atoms with Gasteiger partial charge in [-0.2, -0.15) is 0 Å². The molecule has 6 heteroatoms. The third-order valence-electron chi connectivity index (χ3n) is 5.07. The molecular formula is C18H24N2O4. The number of rotatable bonds is 4. The van der Waals surface area contributed by atoms with Gasteiger partial charge in [-0.1, -0.05) is 6.42 Å². The Hall–Kier alpha value is -2.24. The van der Waals surface area contributed by atoms with Gasteiger partial charge >= 0.3 is 0 Å². The molecule has 0 bridgehead atoms. The minimum absolute atomic E-state index is 0.0719. The highest BCUT2D eigenvalue weighted by Crippen LogP contribution is 2.35. The predicted octanol–water partition coefficient (Wildman–Crippen LogP) is 2.07. The lowest BCUT2D eigenvalue weighted by molar-refractivity contribution is -0.146. The van der Waals surface area contributed by atoms with Crippen LogP contribution in [-0.4, -0.2) is 50.1 Å². The van der Waals surface area contributed by atoms with Gasteiger partial charge in [-0.05, 0) is 31.9 Å². The maximum absolute atomic E-state index is 12.8. The van der Waals surface area contributed by atoms with Gasteiger partial charge in [-0.25, -0.2) is 0 Å². The molecule has 1 saturated carbocycles. The number of carbonyl (C=O) groups excluding carboxylic acids is 2. The third kappa shape index (κ3) is 2.81. The fraction of sp³-hybridized carbons (Fsp3) is 0.556. The van der Waals surface area contributed by atoms with E-state index in [4.69, 9.17) is 9.47 Å². The second kappa shape index (κ2) is 6.71. The minimum atomic E-state index is -0.446. The SMILES string of the molecule is COc1ccc(N2CCN(C(=O)C3CCC3)[C@H](C)C2=O)c(OC)c1. The Kier molecular flexibility index (Phi) is 4.64. The lowest BCUT2D eigenvalue weighted by Crippen LogP contribution is -2.59. The van der Waals surface area contributed by atoms with Crippen LogP contribution in [-0.2, 0) is 9.59 Å². The minimum Gasteiger partial charge on any atom is -0.497 e. The summed E-state index contributed by atoms with van der Waals surface area (Å²) >= 11 is 0. The van der Waals surface area contributed by atoms with E-state index < -0.39 is 6.04 Å². The van der Waals surface area contributed by atoms with Crippen molar-refractivity contribution in [1.82, 2.24) is 4.90 Å². The molecule has 2 fully saturated rings. The van der Waals surface area contributed by atoms with Crippen LogP contribution in [0.3, 0.4) is 0 Å². The number of amides is 2. The van der Waals surface area contributed by atoms with Crippen molar-refractivity contribution in [3.8, 4) is 11.5 Å². The average molecular weight is 332 g/mol. The normalized spacial score (nSPS) is 21.5. The second-order valence-corrected chi connectivity index (χ2v) is 6.36. The third-order valence-corrected chi connectivity index (χ3v) is 5.07. The van der Waals surface area contributed by atoms with Gasteiger partial charge in [0.05, 0.1) is 19.9 Å². The highest BCUT2D eigenvalue weighted by Gasteiger charge is 2.39. The molecule has 2 amide bonds. The fourth-order valence-corrected chi connectivity index (χ4v) is 3.31. The summed E-state index contributed by atoms with van der Waals surface area (Å²) in [7, 11) is 3.16. The van der Waals surface area contributed by atoms with Crippen molar-refractivity contribution in [2.24, 2.45) is 5.92 Å². The summed E-state index contributed by atoms with van der Waals surface area (Å²) in [5.41, 5.74) is 0.714. The molecule has 1 saturated heterocycles. The molecule has 6 nitrogen and oxygen atoms in total. The number of ether oxygens (including phenoxy) is 2. The summed E-state index contributed by atoms with van der Waals surface area (Å²) in [6.45, 7) is 2.84. The van der Waals surface area contributed by atoms with Crippen LogP contribution in [0.1, 0.15) is 26.2 Å². The number of methoxy groups -OCH3 is 2. The Balaban J connectivity index is 1.79. The van der Waals surface area contributed by atoms with Crippen LogP contribution in [0.2, 0.25) is 0 Å². The number of carbonyl (C=O) groups is 2. The summed E-state index contributed by atoms with van der Waals surface area (Å²) in [5, 5.41) is 0. The van der Waals surface area contributed by atoms with Crippen molar-refractivity contribution >= 4 is 17.5 Å². The summed E-state index contributed by atoms with van der Waals surface area (Å²) in [4.78, 5) is 28.8. The Morgan fingerprint density at radius 1 is 1.17 bits per heavy atom. The van der Waals surface area contributed by atoms with Crippen molar-refractivity contribution in [1.29, 1.82) is 0 Å². The van der Waals surface area contributed by atoms with Crippen LogP contribution in [0.15, 0.2) is 18.2 Å². The zero-order valence-electron chi connectivity index (χ0n) is 14.4. The van der Waals surface area contributed by atoms with Gasteiger partial charge in [0.1, 0.15) is 17.5 Å². The molecular weight excluding hydrogens is 308 g/mol. The van der Waals surface area contributed by atoms with Crippen molar-refractivity contribution < 1.29 is 19.1 Å². The molecule has 130 valence electrons. The molecule has 2 aliphatic rings. The Labute approximate surface area is 142 Å². The molecule has 0 aromatic heterocycles. The molecule has 1 heterocycles. The van der Waals surface area contributed by atoms with E-state index in [2.05, 4.69) is 0 Å². The molecule has 1 atom stereocenters. The lowest BCUT2D eigenvalue weighted by atomic mass is 9.84. The van der Waals surface area contributed by atoms with Gasteiger partial charge in [0, 0.05) is 25.1 Å². The molecule has 3 rings (SSSR count). The van der Waals surface area contributed by atoms with Crippen molar-refractivity contribution in [3.63, 3.8) is 0 Å². The quantitative estimate of drug-likeness (QED) is 0.847. The average Bonchev–Trinajstić information content (AvgIpc) is 2.55. The first-order chi connectivity index (χ1) is 11.6. The van der Waals surface area contributed by atoms with Crippen molar-refractivity contribution in [2.75, 3.05) is 32.2 Å². The molecule has 0 spiro atoms. The molecule has 1 aromatic carbocycles. The number of anilines is 1. The number of nitrogens with zero attached hydrogens (tertiary/aromatic N) is 2. The number of hydrogen-bond donors (Lipinski definition) is 0. The van der Waals surface area contributed by atoms with Gasteiger partial charge < -0.3 is 19.3 Å². The Morgan fingerprint density at radius 3 is 2.50 bits per heavy atom. The maximum atomic E-state index is 12.8. The van der Waals surface area contributed by atoms with E-state index in [-0.39, 0.29) is 17.7 Å². The molecule has 1 aliphatic heterocycles. The largest absolute Gasteiger partial charge is 0.497 e. The summed E-state index contributed by atoms with van der Waals surface area (Å²) < 4.78 is 10.6. The topological polar surface area (TPSA) is 59.1 Å². The molecule has 0 radical (unpaired) electrons. The van der Waals surface area contributed by atoms with Crippen LogP contribution < -0.4 is 14.4 Å². The summed E-state index contributed by atoms with van der Waals surface area (Å²) in [6, 6.07) is 4.95. The molecule has 1 aliphatic carbocycles. The van der Waals surface area contributed by atoms with Gasteiger partial charge in [-0.3, -0.25) is 9.59 Å². The lowest BCUT2D eigenvalue weighted by Gasteiger charge is -2.42. The first kappa shape index (κ1) is 16.6. The van der Waals surface area contributed by atoms with Gasteiger partial charge in [0.2, 0.25) is 11.8 Å². The van der Waals surface area contributed by atoms with Gasteiger partial charge in [-0.15, -0.1) is 0 Å². The van der Waals surface area contributed by atoms with E-state index in [1.165, 1.54) is 0 Å². The predicted molar refractivity (Wildman–Crippen MR) is 90.4 cm³/mol. The molecule has 1 aromatic rings. The van der Waals surface area contributed by atoms with E-state index in [0.717, 1.165) is 19.3 Å². The zero-order chi connectivity index (χ0) is 17.3. The smallest absolute Gasteiger partial charge is 0.249 e. The number of piperazine rings is 1. The van der Waals surface area contributed by atoms with Crippen molar-refractivity contribution in [3.05, 3.63) is 18.2 Å². The highest BCUT2D eigenvalue weighted by molar-refractivity contribution is 6.01. The van der Waals surface area contributed by atoms with Gasteiger partial charge in [0.25, 0.3) is 0 Å². The highest BCUT2D eigenvalue weighted by atomic mass is 16.5. The van der Waals surface area contributed by atoms with Gasteiger partial charge in [0.15, 0.2) is 0 Å². The Bertz CT molecular complexity index is 642. The van der Waals surface area contributed by atoms with E-state index in [1.807, 2.05) is 12.1 Å².